The number of rotatable bonds is 1. The van der Waals surface area contributed by atoms with Crippen molar-refractivity contribution < 1.29 is 0 Å². The lowest BCUT2D eigenvalue weighted by Crippen LogP contribution is -2.11. The van der Waals surface area contributed by atoms with Gasteiger partial charge in [-0.2, -0.15) is 0 Å². The lowest BCUT2D eigenvalue weighted by atomic mass is 9.87. The molecule has 0 N–H and O–H groups in total. The maximum Gasteiger partial charge on any atom is 0.0458 e. The van der Waals surface area contributed by atoms with Gasteiger partial charge in [0.2, 0.25) is 0 Å². The summed E-state index contributed by atoms with van der Waals surface area (Å²) in [7, 11) is 0. The lowest BCUT2D eigenvalue weighted by Gasteiger charge is -2.20. The monoisotopic (exact) mass is 201 g/mol. The van der Waals surface area contributed by atoms with E-state index in [2.05, 4.69) is 6.92 Å². The smallest absolute Gasteiger partial charge is 0.0458 e. The van der Waals surface area contributed by atoms with Crippen LogP contribution in [0.25, 0.3) is 0 Å². The molecule has 65 valence electrons. The summed E-state index contributed by atoms with van der Waals surface area (Å²) in [6.07, 6.45) is 0. The quantitative estimate of drug-likeness (QED) is 0.642. The fraction of sp³-hybridized carbons (Fsp3) is 0.300. The van der Waals surface area contributed by atoms with Crippen LogP contribution in [-0.4, -0.2) is 0 Å². The molecule has 0 bridgehead atoms. The molecule has 12 heavy (non-hydrogen) atoms. The summed E-state index contributed by atoms with van der Waals surface area (Å²) in [6.45, 7) is 8.04. The number of benzene rings is 1. The Balaban J connectivity index is 3.19. The van der Waals surface area contributed by atoms with E-state index in [1.54, 1.807) is 6.07 Å². The van der Waals surface area contributed by atoms with Gasteiger partial charge in [-0.3, -0.25) is 0 Å². The predicted molar refractivity (Wildman–Crippen MR) is 54.8 cm³/mol. The highest BCUT2D eigenvalue weighted by Crippen LogP contribution is 2.30. The van der Waals surface area contributed by atoms with Crippen LogP contribution in [0.2, 0.25) is 10.0 Å². The Labute approximate surface area is 83.5 Å². The zero-order valence-corrected chi connectivity index (χ0v) is 8.71. The number of halogens is 2. The molecule has 0 aliphatic carbocycles. The summed E-state index contributed by atoms with van der Waals surface area (Å²) in [6, 6.07) is 5.48. The summed E-state index contributed by atoms with van der Waals surface area (Å²) in [5, 5.41) is 1.34. The van der Waals surface area contributed by atoms with Crippen molar-refractivity contribution in [1.29, 1.82) is 0 Å². The molecule has 1 aromatic carbocycles. The van der Waals surface area contributed by atoms with Gasteiger partial charge < -0.3 is 0 Å². The van der Waals surface area contributed by atoms with Crippen molar-refractivity contribution in [2.45, 2.75) is 19.3 Å². The molecule has 0 aliphatic heterocycles. The van der Waals surface area contributed by atoms with Crippen molar-refractivity contribution >= 4 is 23.2 Å². The van der Waals surface area contributed by atoms with Crippen molar-refractivity contribution in [1.82, 2.24) is 0 Å². The van der Waals surface area contributed by atoms with Crippen LogP contribution in [0.15, 0.2) is 18.2 Å². The summed E-state index contributed by atoms with van der Waals surface area (Å²) < 4.78 is 0. The third-order valence-corrected chi connectivity index (χ3v) is 2.21. The summed E-state index contributed by atoms with van der Waals surface area (Å²) in [5.74, 6) is 0. The number of hydrogen-bond donors (Lipinski definition) is 0. The van der Waals surface area contributed by atoms with Gasteiger partial charge in [0.05, 0.1) is 0 Å². The molecule has 0 heterocycles. The van der Waals surface area contributed by atoms with Crippen molar-refractivity contribution in [3.05, 3.63) is 40.7 Å². The van der Waals surface area contributed by atoms with Gasteiger partial charge in [0.25, 0.3) is 0 Å². The van der Waals surface area contributed by atoms with Crippen LogP contribution in [0.5, 0.6) is 0 Å². The Morgan fingerprint density at radius 2 is 1.83 bits per heavy atom. The van der Waals surface area contributed by atoms with E-state index in [4.69, 9.17) is 23.2 Å². The van der Waals surface area contributed by atoms with Gasteiger partial charge in [-0.25, -0.2) is 0 Å². The minimum Gasteiger partial charge on any atom is -0.0843 e. The van der Waals surface area contributed by atoms with E-state index in [1.807, 2.05) is 26.0 Å². The lowest BCUT2D eigenvalue weighted by molar-refractivity contribution is 0.665. The summed E-state index contributed by atoms with van der Waals surface area (Å²) in [5.41, 5.74) is 0.857. The first-order chi connectivity index (χ1) is 5.41. The first-order valence-corrected chi connectivity index (χ1v) is 4.48. The first-order valence-electron chi connectivity index (χ1n) is 3.72. The highest BCUT2D eigenvalue weighted by Gasteiger charge is 2.16. The van der Waals surface area contributed by atoms with E-state index in [0.717, 1.165) is 5.56 Å². The molecule has 0 atom stereocenters. The van der Waals surface area contributed by atoms with Gasteiger partial charge in [0.1, 0.15) is 0 Å². The van der Waals surface area contributed by atoms with Crippen molar-refractivity contribution in [2.24, 2.45) is 0 Å². The van der Waals surface area contributed by atoms with E-state index in [-0.39, 0.29) is 5.41 Å². The minimum absolute atomic E-state index is 0.165. The molecule has 0 aliphatic rings. The Hall–Kier alpha value is -0.200. The molecule has 0 aromatic heterocycles. The van der Waals surface area contributed by atoms with Crippen LogP contribution in [0.4, 0.5) is 0 Å². The fourth-order valence-corrected chi connectivity index (χ4v) is 1.70. The van der Waals surface area contributed by atoms with Crippen LogP contribution in [0.1, 0.15) is 19.4 Å². The maximum atomic E-state index is 5.99. The second-order valence-electron chi connectivity index (χ2n) is 3.51. The average Bonchev–Trinajstić information content (AvgIpc) is 1.83. The van der Waals surface area contributed by atoms with Gasteiger partial charge in [-0.05, 0) is 30.0 Å². The Morgan fingerprint density at radius 1 is 1.25 bits per heavy atom. The van der Waals surface area contributed by atoms with Crippen LogP contribution < -0.4 is 0 Å². The van der Waals surface area contributed by atoms with Gasteiger partial charge in [0, 0.05) is 10.0 Å². The van der Waals surface area contributed by atoms with E-state index < -0.39 is 0 Å². The Kier molecular flexibility index (Phi) is 2.70. The van der Waals surface area contributed by atoms with E-state index in [9.17, 15) is 0 Å². The number of hydrogen-bond acceptors (Lipinski definition) is 0. The van der Waals surface area contributed by atoms with Crippen LogP contribution in [-0.2, 0) is 5.41 Å². The minimum atomic E-state index is -0.165. The van der Waals surface area contributed by atoms with Crippen molar-refractivity contribution in [3.8, 4) is 0 Å². The van der Waals surface area contributed by atoms with E-state index >= 15 is 0 Å². The molecule has 0 saturated carbocycles. The first kappa shape index (κ1) is 9.88. The molecule has 1 radical (unpaired) electrons. The topological polar surface area (TPSA) is 0 Å². The summed E-state index contributed by atoms with van der Waals surface area (Å²) >= 11 is 11.8. The summed E-state index contributed by atoms with van der Waals surface area (Å²) in [4.78, 5) is 0. The molecule has 0 spiro atoms. The molecule has 1 aromatic rings. The zero-order valence-electron chi connectivity index (χ0n) is 7.20. The molecule has 0 fully saturated rings. The molecule has 0 nitrogen and oxygen atoms in total. The highest BCUT2D eigenvalue weighted by molar-refractivity contribution is 6.35. The third kappa shape index (κ3) is 2.15. The molecule has 0 saturated heterocycles. The predicted octanol–water partition coefficient (Wildman–Crippen LogP) is 4.11. The van der Waals surface area contributed by atoms with Gasteiger partial charge in [-0.1, -0.05) is 43.1 Å². The van der Waals surface area contributed by atoms with Crippen LogP contribution >= 0.6 is 23.2 Å². The van der Waals surface area contributed by atoms with E-state index in [0.29, 0.717) is 10.0 Å². The molecule has 1 rings (SSSR count). The maximum absolute atomic E-state index is 5.99. The molecular formula is C10H11Cl2. The Bertz CT molecular complexity index is 284. The van der Waals surface area contributed by atoms with Gasteiger partial charge >= 0.3 is 0 Å². The van der Waals surface area contributed by atoms with Crippen molar-refractivity contribution in [2.75, 3.05) is 0 Å². The fourth-order valence-electron chi connectivity index (χ4n) is 1.04. The Morgan fingerprint density at radius 3 is 2.25 bits per heavy atom. The molecule has 0 unspecified atom stereocenters. The normalized spacial score (nSPS) is 11.8. The van der Waals surface area contributed by atoms with Crippen molar-refractivity contribution in [3.63, 3.8) is 0 Å². The SMILES string of the molecule is [CH2]C(C)(C)c1ccc(Cl)cc1Cl. The van der Waals surface area contributed by atoms with Gasteiger partial charge in [0.15, 0.2) is 0 Å². The van der Waals surface area contributed by atoms with Gasteiger partial charge in [-0.15, -0.1) is 0 Å². The molecule has 0 amide bonds. The second-order valence-corrected chi connectivity index (χ2v) is 4.35. The molecular weight excluding hydrogens is 191 g/mol. The standard InChI is InChI=1S/C10H11Cl2/c1-10(2,3)8-5-4-7(11)6-9(8)12/h4-6H,1H2,2-3H3. The third-order valence-electron chi connectivity index (χ3n) is 1.66. The average molecular weight is 202 g/mol. The largest absolute Gasteiger partial charge is 0.0843 e. The zero-order chi connectivity index (χ0) is 9.35. The van der Waals surface area contributed by atoms with E-state index in [1.165, 1.54) is 0 Å². The highest BCUT2D eigenvalue weighted by atomic mass is 35.5. The second kappa shape index (κ2) is 3.27. The van der Waals surface area contributed by atoms with Crippen LogP contribution in [0, 0.1) is 6.92 Å². The molecule has 2 heteroatoms. The van der Waals surface area contributed by atoms with Crippen LogP contribution in [0.3, 0.4) is 0 Å².